The molecule has 4 nitrogen and oxygen atoms in total. The van der Waals surface area contributed by atoms with Crippen molar-refractivity contribution in [2.24, 2.45) is 0 Å². The molecule has 0 radical (unpaired) electrons. The average molecular weight is 228 g/mol. The molecule has 82 valence electrons. The number of ketones is 1. The number of carbonyl (C=O) groups is 1. The minimum Gasteiger partial charge on any atom is -0.306 e. The molecule has 1 heterocycles. The lowest BCUT2D eigenvalue weighted by molar-refractivity contribution is 0.0982. The van der Waals surface area contributed by atoms with Crippen molar-refractivity contribution in [3.63, 3.8) is 0 Å². The molecule has 0 bridgehead atoms. The lowest BCUT2D eigenvalue weighted by atomic mass is 10.3. The zero-order valence-corrected chi connectivity index (χ0v) is 9.42. The van der Waals surface area contributed by atoms with Gasteiger partial charge < -0.3 is 5.32 Å². The maximum atomic E-state index is 11.7. The van der Waals surface area contributed by atoms with Crippen molar-refractivity contribution in [3.05, 3.63) is 29.6 Å². The van der Waals surface area contributed by atoms with Crippen LogP contribution in [0.1, 0.15) is 17.4 Å². The van der Waals surface area contributed by atoms with E-state index in [1.54, 1.807) is 10.8 Å². The van der Waals surface area contributed by atoms with Gasteiger partial charge in [0.2, 0.25) is 0 Å². The molecule has 0 aliphatic heterocycles. The summed E-state index contributed by atoms with van der Waals surface area (Å²) in [7, 11) is 0. The first-order valence-electron chi connectivity index (χ1n) is 4.76. The third-order valence-electron chi connectivity index (χ3n) is 1.93. The molecule has 15 heavy (non-hydrogen) atoms. The van der Waals surface area contributed by atoms with E-state index >= 15 is 0 Å². The van der Waals surface area contributed by atoms with Crippen LogP contribution in [-0.2, 0) is 6.54 Å². The summed E-state index contributed by atoms with van der Waals surface area (Å²) in [5, 5.41) is 7.34. The zero-order valence-electron chi connectivity index (χ0n) is 8.66. The number of hydrogen-bond donors (Lipinski definition) is 1. The first-order chi connectivity index (χ1) is 7.20. The van der Waals surface area contributed by atoms with Crippen molar-refractivity contribution in [3.8, 4) is 0 Å². The molecule has 1 aromatic heterocycles. The number of Topliss-reactive ketones (excluding diaryl/α,β-unsaturated/α-hetero) is 1. The van der Waals surface area contributed by atoms with E-state index in [9.17, 15) is 4.79 Å². The van der Waals surface area contributed by atoms with Gasteiger partial charge in [-0.3, -0.25) is 9.48 Å². The molecule has 0 fully saturated rings. The number of nitrogens with one attached hydrogen (secondary N) is 1. The monoisotopic (exact) mass is 227 g/mol. The minimum atomic E-state index is -0.0544. The van der Waals surface area contributed by atoms with E-state index in [1.807, 2.05) is 6.92 Å². The Kier molecular flexibility index (Phi) is 4.52. The fourth-order valence-corrected chi connectivity index (χ4v) is 1.50. The third kappa shape index (κ3) is 2.91. The largest absolute Gasteiger partial charge is 0.306 e. The molecular formula is C10H14ClN3O. The molecule has 0 saturated carbocycles. The summed E-state index contributed by atoms with van der Waals surface area (Å²) in [5.41, 5.74) is 0.468. The topological polar surface area (TPSA) is 46.9 Å². The van der Waals surface area contributed by atoms with Crippen LogP contribution in [0.25, 0.3) is 0 Å². The number of carbonyl (C=O) groups excluding carboxylic acids is 1. The number of aryl methyl sites for hydroxylation is 1. The van der Waals surface area contributed by atoms with E-state index in [4.69, 9.17) is 11.6 Å². The summed E-state index contributed by atoms with van der Waals surface area (Å²) in [6.07, 6.45) is 3.19. The van der Waals surface area contributed by atoms with Crippen LogP contribution in [0.4, 0.5) is 0 Å². The fourth-order valence-electron chi connectivity index (χ4n) is 1.25. The molecule has 0 atom stereocenters. The van der Waals surface area contributed by atoms with Crippen LogP contribution >= 0.6 is 11.6 Å². The van der Waals surface area contributed by atoms with Gasteiger partial charge >= 0.3 is 0 Å². The summed E-state index contributed by atoms with van der Waals surface area (Å²) >= 11 is 5.88. The minimum absolute atomic E-state index is 0.0544. The first-order valence-corrected chi connectivity index (χ1v) is 5.14. The van der Waals surface area contributed by atoms with E-state index < -0.39 is 0 Å². The number of hydrogen-bond acceptors (Lipinski definition) is 3. The van der Waals surface area contributed by atoms with E-state index in [2.05, 4.69) is 17.0 Å². The van der Waals surface area contributed by atoms with Crippen LogP contribution in [0.2, 0.25) is 5.02 Å². The maximum Gasteiger partial charge on any atom is 0.196 e. The summed E-state index contributed by atoms with van der Waals surface area (Å²) in [6.45, 7) is 6.95. The first kappa shape index (κ1) is 11.9. The van der Waals surface area contributed by atoms with Gasteiger partial charge in [-0.25, -0.2) is 0 Å². The second-order valence-corrected chi connectivity index (χ2v) is 3.41. The van der Waals surface area contributed by atoms with Crippen molar-refractivity contribution < 1.29 is 4.79 Å². The molecule has 0 aliphatic rings. The lowest BCUT2D eigenvalue weighted by Gasteiger charge is -2.04. The van der Waals surface area contributed by atoms with Crippen molar-refractivity contribution in [2.75, 3.05) is 13.1 Å². The van der Waals surface area contributed by atoms with Crippen molar-refractivity contribution in [1.29, 1.82) is 0 Å². The quantitative estimate of drug-likeness (QED) is 0.455. The summed E-state index contributed by atoms with van der Waals surface area (Å²) < 4.78 is 1.60. The highest BCUT2D eigenvalue weighted by atomic mass is 35.5. The van der Waals surface area contributed by atoms with Crippen LogP contribution in [0.3, 0.4) is 0 Å². The van der Waals surface area contributed by atoms with Gasteiger partial charge in [-0.15, -0.1) is 6.58 Å². The van der Waals surface area contributed by atoms with Crippen LogP contribution in [0.15, 0.2) is 18.9 Å². The number of rotatable bonds is 6. The molecule has 0 unspecified atom stereocenters. The molecule has 1 aromatic rings. The van der Waals surface area contributed by atoms with Crippen LogP contribution in [0.5, 0.6) is 0 Å². The Bertz CT molecular complexity index is 360. The highest BCUT2D eigenvalue weighted by molar-refractivity contribution is 6.33. The van der Waals surface area contributed by atoms with Gasteiger partial charge in [0, 0.05) is 13.1 Å². The third-order valence-corrected chi connectivity index (χ3v) is 2.21. The van der Waals surface area contributed by atoms with Crippen LogP contribution < -0.4 is 5.32 Å². The molecule has 0 saturated heterocycles. The van der Waals surface area contributed by atoms with Crippen molar-refractivity contribution in [1.82, 2.24) is 15.1 Å². The predicted molar refractivity (Wildman–Crippen MR) is 60.3 cm³/mol. The molecule has 0 aromatic carbocycles. The summed E-state index contributed by atoms with van der Waals surface area (Å²) in [4.78, 5) is 11.7. The molecule has 0 spiro atoms. The van der Waals surface area contributed by atoms with E-state index in [1.165, 1.54) is 6.20 Å². The molecule has 1 rings (SSSR count). The molecule has 1 N–H and O–H groups in total. The van der Waals surface area contributed by atoms with E-state index in [-0.39, 0.29) is 12.3 Å². The van der Waals surface area contributed by atoms with Crippen LogP contribution in [-0.4, -0.2) is 28.7 Å². The standard InChI is InChI=1S/C10H14ClN3O/c1-3-5-12-7-9(15)10-8(11)6-13-14(10)4-2/h3,6,12H,1,4-5,7H2,2H3. The Labute approximate surface area is 93.9 Å². The summed E-state index contributed by atoms with van der Waals surface area (Å²) in [6, 6.07) is 0. The smallest absolute Gasteiger partial charge is 0.196 e. The Morgan fingerprint density at radius 1 is 1.80 bits per heavy atom. The van der Waals surface area contributed by atoms with Gasteiger partial charge in [0.05, 0.1) is 17.8 Å². The van der Waals surface area contributed by atoms with E-state index in [0.717, 1.165) is 0 Å². The number of aromatic nitrogens is 2. The average Bonchev–Trinajstić information content (AvgIpc) is 2.59. The van der Waals surface area contributed by atoms with Crippen molar-refractivity contribution >= 4 is 17.4 Å². The number of halogens is 1. The normalized spacial score (nSPS) is 10.3. The lowest BCUT2D eigenvalue weighted by Crippen LogP contribution is -2.25. The fraction of sp³-hybridized carbons (Fsp3) is 0.400. The number of nitrogens with zero attached hydrogens (tertiary/aromatic N) is 2. The van der Waals surface area contributed by atoms with Gasteiger partial charge in [-0.1, -0.05) is 17.7 Å². The highest BCUT2D eigenvalue weighted by Crippen LogP contribution is 2.15. The van der Waals surface area contributed by atoms with Crippen molar-refractivity contribution in [2.45, 2.75) is 13.5 Å². The second-order valence-electron chi connectivity index (χ2n) is 3.00. The predicted octanol–water partition coefficient (Wildman–Crippen LogP) is 1.51. The molecule has 0 aliphatic carbocycles. The summed E-state index contributed by atoms with van der Waals surface area (Å²) in [5.74, 6) is -0.0544. The maximum absolute atomic E-state index is 11.7. The van der Waals surface area contributed by atoms with Gasteiger partial charge in [0.15, 0.2) is 5.78 Å². The Hall–Kier alpha value is -1.13. The highest BCUT2D eigenvalue weighted by Gasteiger charge is 2.15. The Morgan fingerprint density at radius 3 is 3.13 bits per heavy atom. The Balaban J connectivity index is 2.71. The van der Waals surface area contributed by atoms with Gasteiger partial charge in [0.25, 0.3) is 0 Å². The zero-order chi connectivity index (χ0) is 11.3. The Morgan fingerprint density at radius 2 is 2.53 bits per heavy atom. The second kappa shape index (κ2) is 5.68. The van der Waals surface area contributed by atoms with Gasteiger partial charge in [-0.05, 0) is 6.92 Å². The SMILES string of the molecule is C=CCNCC(=O)c1c(Cl)cnn1CC. The van der Waals surface area contributed by atoms with E-state index in [0.29, 0.717) is 23.8 Å². The van der Waals surface area contributed by atoms with Crippen LogP contribution in [0, 0.1) is 0 Å². The van der Waals surface area contributed by atoms with Gasteiger partial charge in [0.1, 0.15) is 5.69 Å². The molecule has 0 amide bonds. The van der Waals surface area contributed by atoms with Gasteiger partial charge in [-0.2, -0.15) is 5.10 Å². The molecule has 5 heteroatoms. The molecular weight excluding hydrogens is 214 g/mol.